The number of allylic oxidation sites excluding steroid dienone is 9. The predicted octanol–water partition coefficient (Wildman–Crippen LogP) is 17.5. The van der Waals surface area contributed by atoms with Crippen molar-refractivity contribution in [3.8, 4) is 0 Å². The highest BCUT2D eigenvalue weighted by Crippen LogP contribution is 2.38. The number of phosphoric ester groups is 1. The van der Waals surface area contributed by atoms with E-state index in [4.69, 9.17) is 9.05 Å². The fourth-order valence-corrected chi connectivity index (χ4v) is 9.25. The van der Waals surface area contributed by atoms with Crippen LogP contribution in [0.3, 0.4) is 0 Å². The number of hydrogen-bond donors (Lipinski definition) is 2. The largest absolute Gasteiger partial charge is 0.756 e. The van der Waals surface area contributed by atoms with Crippen LogP contribution in [-0.4, -0.2) is 68.5 Å². The zero-order valence-corrected chi connectivity index (χ0v) is 47.6. The van der Waals surface area contributed by atoms with Crippen molar-refractivity contribution < 1.29 is 32.9 Å². The number of aliphatic hydroxyl groups excluding tert-OH is 1. The Hall–Kier alpha value is -1.80. The Morgan fingerprint density at radius 1 is 0.500 bits per heavy atom. The predicted molar refractivity (Wildman–Crippen MR) is 302 cm³/mol. The lowest BCUT2D eigenvalue weighted by Gasteiger charge is -2.29. The van der Waals surface area contributed by atoms with Crippen molar-refractivity contribution in [2.75, 3.05) is 40.9 Å². The molecule has 0 spiro atoms. The fourth-order valence-electron chi connectivity index (χ4n) is 8.53. The molecule has 0 rings (SSSR count). The summed E-state index contributed by atoms with van der Waals surface area (Å²) in [5, 5.41) is 13.9. The minimum absolute atomic E-state index is 0.00745. The number of amides is 1. The summed E-state index contributed by atoms with van der Waals surface area (Å²) in [7, 11) is 1.25. The summed E-state index contributed by atoms with van der Waals surface area (Å²) in [5.74, 6) is -0.207. The summed E-state index contributed by atoms with van der Waals surface area (Å²) < 4.78 is 23.3. The van der Waals surface area contributed by atoms with Crippen molar-refractivity contribution >= 4 is 13.7 Å². The normalized spacial score (nSPS) is 14.3. The molecule has 0 heterocycles. The van der Waals surface area contributed by atoms with Gasteiger partial charge in [-0.05, 0) is 70.6 Å². The van der Waals surface area contributed by atoms with Crippen molar-refractivity contribution in [3.05, 3.63) is 60.8 Å². The molecule has 9 heteroatoms. The average Bonchev–Trinajstić information content (AvgIpc) is 3.32. The highest BCUT2D eigenvalue weighted by molar-refractivity contribution is 7.45. The van der Waals surface area contributed by atoms with E-state index in [0.29, 0.717) is 17.4 Å². The molecule has 0 aromatic carbocycles. The second kappa shape index (κ2) is 52.1. The fraction of sp³-hybridized carbons (Fsp3) is 0.820. The molecule has 2 N–H and O–H groups in total. The first-order valence-corrected chi connectivity index (χ1v) is 31.1. The average molecular weight is 1000 g/mol. The van der Waals surface area contributed by atoms with Gasteiger partial charge in [0.15, 0.2) is 0 Å². The maximum absolute atomic E-state index is 13.0. The quantitative estimate of drug-likeness (QED) is 0.0272. The number of rotatable bonds is 54. The van der Waals surface area contributed by atoms with E-state index in [0.717, 1.165) is 51.4 Å². The Labute approximate surface area is 434 Å². The van der Waals surface area contributed by atoms with Gasteiger partial charge in [0.05, 0.1) is 39.9 Å². The van der Waals surface area contributed by atoms with Crippen LogP contribution in [0.15, 0.2) is 60.8 Å². The summed E-state index contributed by atoms with van der Waals surface area (Å²) in [6, 6.07) is -0.906. The molecule has 3 unspecified atom stereocenters. The zero-order valence-electron chi connectivity index (χ0n) is 46.7. The molecule has 0 fully saturated rings. The van der Waals surface area contributed by atoms with Gasteiger partial charge in [-0.2, -0.15) is 0 Å². The van der Waals surface area contributed by atoms with Crippen LogP contribution in [0, 0.1) is 0 Å². The number of quaternary nitrogens is 1. The maximum Gasteiger partial charge on any atom is 0.268 e. The zero-order chi connectivity index (χ0) is 51.3. The lowest BCUT2D eigenvalue weighted by molar-refractivity contribution is -0.870. The molecule has 0 saturated heterocycles. The van der Waals surface area contributed by atoms with Crippen molar-refractivity contribution in [3.63, 3.8) is 0 Å². The van der Waals surface area contributed by atoms with Gasteiger partial charge >= 0.3 is 0 Å². The topological polar surface area (TPSA) is 108 Å². The highest BCUT2D eigenvalue weighted by atomic mass is 31.2. The number of carbonyl (C=O) groups is 1. The summed E-state index contributed by atoms with van der Waals surface area (Å²) in [6.45, 7) is 4.64. The molecule has 8 nitrogen and oxygen atoms in total. The third-order valence-electron chi connectivity index (χ3n) is 13.2. The van der Waals surface area contributed by atoms with Crippen LogP contribution in [0.4, 0.5) is 0 Å². The summed E-state index contributed by atoms with van der Waals surface area (Å²) >= 11 is 0. The lowest BCUT2D eigenvalue weighted by Crippen LogP contribution is -2.45. The third kappa shape index (κ3) is 54.0. The molecule has 0 radical (unpaired) electrons. The van der Waals surface area contributed by atoms with E-state index in [1.165, 1.54) is 199 Å². The van der Waals surface area contributed by atoms with Crippen LogP contribution in [0.1, 0.15) is 271 Å². The molecule has 0 aliphatic heterocycles. The molecule has 0 saturated carbocycles. The van der Waals surface area contributed by atoms with E-state index < -0.39 is 26.6 Å². The Balaban J connectivity index is 4.19. The molecule has 0 aliphatic rings. The van der Waals surface area contributed by atoms with Crippen LogP contribution in [0.5, 0.6) is 0 Å². The van der Waals surface area contributed by atoms with E-state index in [1.807, 2.05) is 27.2 Å². The SMILES string of the molecule is CCCCCCC/C=C\C/C=C\C/C=C\CCCCCCCCCCCCCCCCC(=O)NC(COP(=O)([O-])OCC[N+](C)(C)C)C(O)/C=C/CC/C=C/CCCCCCCCCCCCCCC. The first-order valence-electron chi connectivity index (χ1n) is 29.7. The number of hydrogen-bond acceptors (Lipinski definition) is 6. The number of likely N-dealkylation sites (N-methyl/N-ethyl adjacent to an activating group) is 1. The van der Waals surface area contributed by atoms with Crippen LogP contribution < -0.4 is 10.2 Å². The number of unbranched alkanes of at least 4 members (excludes halogenated alkanes) is 33. The third-order valence-corrected chi connectivity index (χ3v) is 14.2. The van der Waals surface area contributed by atoms with Crippen molar-refractivity contribution in [2.45, 2.75) is 283 Å². The lowest BCUT2D eigenvalue weighted by atomic mass is 10.0. The molecular formula is C61H115N2O6P. The van der Waals surface area contributed by atoms with E-state index in [1.54, 1.807) is 6.08 Å². The van der Waals surface area contributed by atoms with Gasteiger partial charge in [-0.1, -0.05) is 254 Å². The van der Waals surface area contributed by atoms with Crippen molar-refractivity contribution in [2.24, 2.45) is 0 Å². The Morgan fingerprint density at radius 2 is 0.843 bits per heavy atom. The molecular weight excluding hydrogens is 888 g/mol. The van der Waals surface area contributed by atoms with Gasteiger partial charge in [-0.25, -0.2) is 0 Å². The van der Waals surface area contributed by atoms with Crippen molar-refractivity contribution in [1.29, 1.82) is 0 Å². The minimum atomic E-state index is -4.61. The molecule has 0 aromatic heterocycles. The van der Waals surface area contributed by atoms with Gasteiger partial charge in [0.1, 0.15) is 13.2 Å². The van der Waals surface area contributed by atoms with Gasteiger partial charge in [0, 0.05) is 6.42 Å². The van der Waals surface area contributed by atoms with E-state index in [-0.39, 0.29) is 12.5 Å². The number of nitrogens with one attached hydrogen (secondary N) is 1. The van der Waals surface area contributed by atoms with Gasteiger partial charge in [-0.15, -0.1) is 0 Å². The number of aliphatic hydroxyl groups is 1. The first-order chi connectivity index (χ1) is 34.0. The summed E-state index contributed by atoms with van der Waals surface area (Å²) in [4.78, 5) is 25.5. The molecule has 0 bridgehead atoms. The molecule has 0 aromatic rings. The second-order valence-electron chi connectivity index (χ2n) is 21.3. The molecule has 1 amide bonds. The second-order valence-corrected chi connectivity index (χ2v) is 22.8. The van der Waals surface area contributed by atoms with Gasteiger partial charge in [0.2, 0.25) is 5.91 Å². The number of carbonyl (C=O) groups excluding carboxylic acids is 1. The van der Waals surface area contributed by atoms with Crippen molar-refractivity contribution in [1.82, 2.24) is 5.32 Å². The maximum atomic E-state index is 13.0. The summed E-state index contributed by atoms with van der Waals surface area (Å²) in [6.07, 6.45) is 70.2. The minimum Gasteiger partial charge on any atom is -0.756 e. The molecule has 410 valence electrons. The Morgan fingerprint density at radius 3 is 1.26 bits per heavy atom. The van der Waals surface area contributed by atoms with Gasteiger partial charge in [-0.3, -0.25) is 9.36 Å². The van der Waals surface area contributed by atoms with Gasteiger partial charge < -0.3 is 28.8 Å². The van der Waals surface area contributed by atoms with Crippen LogP contribution >= 0.6 is 7.82 Å². The molecule has 0 aliphatic carbocycles. The summed E-state index contributed by atoms with van der Waals surface area (Å²) in [5.41, 5.74) is 0. The van der Waals surface area contributed by atoms with Crippen LogP contribution in [0.2, 0.25) is 0 Å². The van der Waals surface area contributed by atoms with Gasteiger partial charge in [0.25, 0.3) is 7.82 Å². The molecule has 70 heavy (non-hydrogen) atoms. The van der Waals surface area contributed by atoms with Crippen LogP contribution in [-0.2, 0) is 18.4 Å². The molecule has 3 atom stereocenters. The van der Waals surface area contributed by atoms with E-state index in [2.05, 4.69) is 67.8 Å². The number of nitrogens with zero attached hydrogens (tertiary/aromatic N) is 1. The number of phosphoric acid groups is 1. The highest BCUT2D eigenvalue weighted by Gasteiger charge is 2.23. The van der Waals surface area contributed by atoms with E-state index in [9.17, 15) is 19.4 Å². The first kappa shape index (κ1) is 68.2. The Kier molecular flexibility index (Phi) is 50.7. The standard InChI is InChI=1S/C61H115N2O6P/c1-6-8-10-12-14-16-18-20-22-24-26-27-28-29-30-31-32-33-34-35-37-39-41-43-45-47-49-51-53-55-61(65)62-59(58-69-70(66,67)68-57-56-63(3,4)5)60(64)54-52-50-48-46-44-42-40-38-36-25-23-21-19-17-15-13-11-9-7-2/h18,20,24,26,28-29,44,46,52,54,59-60,64H,6-17,19,21-23,25,27,30-43,45,47-51,53,55-58H2,1-5H3,(H-,62,65,66,67)/b20-18-,26-24-,29-28-,46-44+,54-52+. The Bertz CT molecular complexity index is 1320. The monoisotopic (exact) mass is 1000 g/mol. The smallest absolute Gasteiger partial charge is 0.268 e. The van der Waals surface area contributed by atoms with E-state index >= 15 is 0 Å². The van der Waals surface area contributed by atoms with Crippen LogP contribution in [0.25, 0.3) is 0 Å².